The second-order valence-electron chi connectivity index (χ2n) is 6.26. The molecule has 0 saturated carbocycles. The SMILES string of the molecule is CC(C)(C)c1cccc(C(C)(C)C)c1OCl.[CH3][AlH2]. The summed E-state index contributed by atoms with van der Waals surface area (Å²) < 4.78 is 5.10. The molecule has 1 nitrogen and oxygen atoms in total. The van der Waals surface area contributed by atoms with Crippen molar-refractivity contribution in [1.82, 2.24) is 0 Å². The number of hydrogen-bond acceptors (Lipinski definition) is 1. The molecule has 1 aromatic carbocycles. The number of benzene rings is 1. The fourth-order valence-electron chi connectivity index (χ4n) is 1.80. The van der Waals surface area contributed by atoms with E-state index in [2.05, 4.69) is 65.5 Å². The highest BCUT2D eigenvalue weighted by Gasteiger charge is 2.26. The van der Waals surface area contributed by atoms with E-state index in [-0.39, 0.29) is 10.8 Å². The van der Waals surface area contributed by atoms with Gasteiger partial charge in [-0.15, -0.1) is 5.79 Å². The van der Waals surface area contributed by atoms with Gasteiger partial charge in [0.15, 0.2) is 5.75 Å². The summed E-state index contributed by atoms with van der Waals surface area (Å²) in [5.74, 6) is 2.95. The van der Waals surface area contributed by atoms with Crippen LogP contribution >= 0.6 is 11.9 Å². The summed E-state index contributed by atoms with van der Waals surface area (Å²) in [6.45, 7) is 13.0. The van der Waals surface area contributed by atoms with Crippen molar-refractivity contribution in [3.63, 3.8) is 0 Å². The maximum absolute atomic E-state index is 5.65. The lowest BCUT2D eigenvalue weighted by molar-refractivity contribution is 0.502. The van der Waals surface area contributed by atoms with Crippen molar-refractivity contribution in [2.45, 2.75) is 58.2 Å². The zero-order valence-electron chi connectivity index (χ0n) is 13.0. The highest BCUT2D eigenvalue weighted by molar-refractivity contribution is 6.09. The van der Waals surface area contributed by atoms with E-state index in [1.54, 1.807) is 0 Å². The minimum absolute atomic E-state index is 0.0332. The molecule has 0 aromatic heterocycles. The molecule has 0 saturated heterocycles. The Morgan fingerprint density at radius 3 is 1.44 bits per heavy atom. The van der Waals surface area contributed by atoms with Crippen molar-refractivity contribution in [1.29, 1.82) is 0 Å². The minimum Gasteiger partial charge on any atom is -0.385 e. The van der Waals surface area contributed by atoms with Crippen molar-refractivity contribution in [2.75, 3.05) is 0 Å². The lowest BCUT2D eigenvalue weighted by atomic mass is 9.80. The fourth-order valence-corrected chi connectivity index (χ4v) is 1.97. The first-order valence-electron chi connectivity index (χ1n) is 6.60. The molecular formula is C15H26AlClO. The Kier molecular flexibility index (Phi) is 6.79. The van der Waals surface area contributed by atoms with Gasteiger partial charge in [0.1, 0.15) is 11.9 Å². The molecule has 3 heteroatoms. The van der Waals surface area contributed by atoms with Crippen molar-refractivity contribution < 1.29 is 4.29 Å². The average molecular weight is 285 g/mol. The van der Waals surface area contributed by atoms with E-state index in [1.807, 2.05) is 0 Å². The van der Waals surface area contributed by atoms with Gasteiger partial charge in [-0.3, -0.25) is 0 Å². The third kappa shape index (κ3) is 4.50. The molecular weight excluding hydrogens is 259 g/mol. The summed E-state index contributed by atoms with van der Waals surface area (Å²) in [6.07, 6.45) is 0. The van der Waals surface area contributed by atoms with Crippen LogP contribution in [0.25, 0.3) is 0 Å². The van der Waals surface area contributed by atoms with Crippen LogP contribution in [0.5, 0.6) is 5.75 Å². The van der Waals surface area contributed by atoms with E-state index >= 15 is 0 Å². The highest BCUT2D eigenvalue weighted by Crippen LogP contribution is 2.39. The van der Waals surface area contributed by atoms with E-state index in [0.29, 0.717) is 0 Å². The predicted octanol–water partition coefficient (Wildman–Crippen LogP) is 4.48. The Morgan fingerprint density at radius 2 is 1.22 bits per heavy atom. The molecule has 0 spiro atoms. The van der Waals surface area contributed by atoms with Crippen LogP contribution in [-0.2, 0) is 10.8 Å². The van der Waals surface area contributed by atoms with Crippen LogP contribution in [0.1, 0.15) is 52.7 Å². The van der Waals surface area contributed by atoms with Crippen molar-refractivity contribution in [2.24, 2.45) is 0 Å². The average Bonchev–Trinajstić information content (AvgIpc) is 2.28. The molecule has 1 rings (SSSR count). The van der Waals surface area contributed by atoms with E-state index in [4.69, 9.17) is 16.2 Å². The topological polar surface area (TPSA) is 9.23 Å². The van der Waals surface area contributed by atoms with Crippen molar-refractivity contribution in [3.8, 4) is 5.75 Å². The number of hydrogen-bond donors (Lipinski definition) is 0. The molecule has 0 N–H and O–H groups in total. The monoisotopic (exact) mass is 284 g/mol. The zero-order chi connectivity index (χ0) is 14.6. The van der Waals surface area contributed by atoms with Gasteiger partial charge in [0, 0.05) is 11.1 Å². The van der Waals surface area contributed by atoms with Crippen molar-refractivity contribution >= 4 is 28.2 Å². The first-order chi connectivity index (χ1) is 8.18. The summed E-state index contributed by atoms with van der Waals surface area (Å²) >= 11 is 6.95. The van der Waals surface area contributed by atoms with Gasteiger partial charge in [0.05, 0.1) is 0 Å². The van der Waals surface area contributed by atoms with Gasteiger partial charge < -0.3 is 4.29 Å². The lowest BCUT2D eigenvalue weighted by Gasteiger charge is -2.27. The smallest absolute Gasteiger partial charge is 0.207 e. The molecule has 0 heterocycles. The molecule has 0 radical (unpaired) electrons. The van der Waals surface area contributed by atoms with E-state index < -0.39 is 0 Å². The Morgan fingerprint density at radius 1 is 0.889 bits per heavy atom. The maximum atomic E-state index is 5.65. The Bertz CT molecular complexity index is 343. The van der Waals surface area contributed by atoms with Crippen LogP contribution in [-0.4, -0.2) is 16.3 Å². The normalized spacial score (nSPS) is 11.6. The summed E-state index contributed by atoms with van der Waals surface area (Å²) in [5.41, 5.74) is 2.36. The first-order valence-corrected chi connectivity index (χ1v) is 8.91. The Hall–Kier alpha value is -0.158. The predicted molar refractivity (Wildman–Crippen MR) is 84.7 cm³/mol. The Balaban J connectivity index is 0.00000137. The van der Waals surface area contributed by atoms with Gasteiger partial charge in [-0.25, -0.2) is 0 Å². The molecule has 0 aliphatic rings. The van der Waals surface area contributed by atoms with Crippen LogP contribution in [0, 0.1) is 0 Å². The molecule has 0 amide bonds. The van der Waals surface area contributed by atoms with Gasteiger partial charge in [-0.2, -0.15) is 0 Å². The summed E-state index contributed by atoms with van der Waals surface area (Å²) in [7, 11) is 0. The second kappa shape index (κ2) is 6.85. The first kappa shape index (κ1) is 17.8. The van der Waals surface area contributed by atoms with E-state index in [0.717, 1.165) is 16.9 Å². The van der Waals surface area contributed by atoms with Crippen LogP contribution < -0.4 is 4.29 Å². The van der Waals surface area contributed by atoms with E-state index in [9.17, 15) is 0 Å². The van der Waals surface area contributed by atoms with Gasteiger partial charge in [-0.1, -0.05) is 59.7 Å². The van der Waals surface area contributed by atoms with Crippen LogP contribution in [0.15, 0.2) is 18.2 Å². The molecule has 0 unspecified atom stereocenters. The lowest BCUT2D eigenvalue weighted by Crippen LogP contribution is -2.17. The maximum Gasteiger partial charge on any atom is 0.207 e. The van der Waals surface area contributed by atoms with Gasteiger partial charge in [0.2, 0.25) is 16.3 Å². The number of halogens is 1. The van der Waals surface area contributed by atoms with Crippen LogP contribution in [0.2, 0.25) is 5.79 Å². The molecule has 0 fully saturated rings. The number of para-hydroxylation sites is 1. The van der Waals surface area contributed by atoms with E-state index in [1.165, 1.54) is 16.3 Å². The summed E-state index contributed by atoms with van der Waals surface area (Å²) in [5, 5.41) is 0. The molecule has 0 atom stereocenters. The molecule has 0 aliphatic carbocycles. The van der Waals surface area contributed by atoms with Gasteiger partial charge in [-0.05, 0) is 10.8 Å². The highest BCUT2D eigenvalue weighted by atomic mass is 35.5. The summed E-state index contributed by atoms with van der Waals surface area (Å²) in [4.78, 5) is 0. The largest absolute Gasteiger partial charge is 0.385 e. The molecule has 0 aliphatic heterocycles. The fraction of sp³-hybridized carbons (Fsp3) is 0.600. The quantitative estimate of drug-likeness (QED) is 0.691. The molecule has 0 bridgehead atoms. The van der Waals surface area contributed by atoms with Crippen LogP contribution in [0.3, 0.4) is 0 Å². The standard InChI is InChI=1S/C14H21ClO.CH3.Al.2H/c1-13(2,3)10-8-7-9-11(12(10)16-15)14(4,5)6;;;;/h7-9H,1-6H3;1H3;;;. The van der Waals surface area contributed by atoms with Crippen molar-refractivity contribution in [3.05, 3.63) is 29.3 Å². The third-order valence-electron chi connectivity index (χ3n) is 2.71. The zero-order valence-corrected chi connectivity index (χ0v) is 15.8. The molecule has 18 heavy (non-hydrogen) atoms. The number of rotatable bonds is 1. The molecule has 102 valence electrons. The van der Waals surface area contributed by atoms with Crippen LogP contribution in [0.4, 0.5) is 0 Å². The third-order valence-corrected chi connectivity index (χ3v) is 2.86. The second-order valence-corrected chi connectivity index (χ2v) is 6.41. The minimum atomic E-state index is 0.0332. The molecule has 1 aromatic rings. The van der Waals surface area contributed by atoms with Gasteiger partial charge in [0.25, 0.3) is 0 Å². The summed E-state index contributed by atoms with van der Waals surface area (Å²) in [6, 6.07) is 6.22. The van der Waals surface area contributed by atoms with Gasteiger partial charge >= 0.3 is 0 Å². The Labute approximate surface area is 125 Å².